The van der Waals surface area contributed by atoms with Crippen LogP contribution in [0.2, 0.25) is 0 Å². The lowest BCUT2D eigenvalue weighted by Crippen LogP contribution is -2.50. The summed E-state index contributed by atoms with van der Waals surface area (Å²) in [5.41, 5.74) is 7.44. The van der Waals surface area contributed by atoms with Crippen molar-refractivity contribution in [2.45, 2.75) is 44.8 Å². The van der Waals surface area contributed by atoms with Crippen LogP contribution < -0.4 is 5.73 Å². The molecular formula is C16H23NO3. The molecule has 110 valence electrons. The lowest BCUT2D eigenvalue weighted by molar-refractivity contribution is -0.152. The van der Waals surface area contributed by atoms with Gasteiger partial charge in [0.15, 0.2) is 0 Å². The van der Waals surface area contributed by atoms with Gasteiger partial charge in [0.25, 0.3) is 0 Å². The molecule has 20 heavy (non-hydrogen) atoms. The Morgan fingerprint density at radius 3 is 2.95 bits per heavy atom. The van der Waals surface area contributed by atoms with Gasteiger partial charge in [0, 0.05) is 0 Å². The van der Waals surface area contributed by atoms with E-state index in [-0.39, 0.29) is 12.7 Å². The molecule has 0 aliphatic heterocycles. The van der Waals surface area contributed by atoms with Crippen LogP contribution in [0.25, 0.3) is 0 Å². The second-order valence-electron chi connectivity index (χ2n) is 5.53. The molecule has 4 heteroatoms. The molecule has 4 nitrogen and oxygen atoms in total. The summed E-state index contributed by atoms with van der Waals surface area (Å²) in [7, 11) is 0. The third kappa shape index (κ3) is 3.38. The van der Waals surface area contributed by atoms with Crippen LogP contribution in [0.3, 0.4) is 0 Å². The number of esters is 1. The van der Waals surface area contributed by atoms with Crippen molar-refractivity contribution in [3.63, 3.8) is 0 Å². The van der Waals surface area contributed by atoms with Gasteiger partial charge < -0.3 is 15.2 Å². The summed E-state index contributed by atoms with van der Waals surface area (Å²) in [6, 6.07) is 8.30. The fraction of sp³-hybridized carbons (Fsp3) is 0.562. The number of hydrogen-bond acceptors (Lipinski definition) is 4. The average Bonchev–Trinajstić information content (AvgIpc) is 2.45. The summed E-state index contributed by atoms with van der Waals surface area (Å²) < 4.78 is 10.9. The topological polar surface area (TPSA) is 61.5 Å². The Hall–Kier alpha value is -1.39. The highest BCUT2D eigenvalue weighted by atomic mass is 16.5. The largest absolute Gasteiger partial charge is 0.465 e. The number of carbonyl (C=O) groups is 1. The highest BCUT2D eigenvalue weighted by Gasteiger charge is 2.32. The van der Waals surface area contributed by atoms with E-state index >= 15 is 0 Å². The molecule has 1 aromatic rings. The van der Waals surface area contributed by atoms with E-state index in [1.165, 1.54) is 11.1 Å². The van der Waals surface area contributed by atoms with Gasteiger partial charge in [0.1, 0.15) is 5.54 Å². The molecule has 2 rings (SSSR count). The van der Waals surface area contributed by atoms with Crippen molar-refractivity contribution in [1.82, 2.24) is 0 Å². The fourth-order valence-corrected chi connectivity index (χ4v) is 2.51. The first-order valence-electron chi connectivity index (χ1n) is 7.20. The molecule has 2 N–H and O–H groups in total. The van der Waals surface area contributed by atoms with Crippen LogP contribution in [0.5, 0.6) is 0 Å². The van der Waals surface area contributed by atoms with Crippen molar-refractivity contribution in [1.29, 1.82) is 0 Å². The maximum atomic E-state index is 11.8. The van der Waals surface area contributed by atoms with Crippen molar-refractivity contribution in [2.24, 2.45) is 5.73 Å². The Morgan fingerprint density at radius 2 is 2.20 bits per heavy atom. The summed E-state index contributed by atoms with van der Waals surface area (Å²) in [6.45, 7) is 3.93. The summed E-state index contributed by atoms with van der Waals surface area (Å²) >= 11 is 0. The van der Waals surface area contributed by atoms with E-state index in [0.717, 1.165) is 19.3 Å². The molecular weight excluding hydrogens is 254 g/mol. The third-order valence-corrected chi connectivity index (χ3v) is 3.64. The maximum absolute atomic E-state index is 11.8. The number of nitrogens with two attached hydrogens (primary N) is 1. The summed E-state index contributed by atoms with van der Waals surface area (Å²) in [6.07, 6.45) is 3.18. The van der Waals surface area contributed by atoms with Gasteiger partial charge in [-0.1, -0.05) is 24.3 Å². The molecule has 0 radical (unpaired) electrons. The third-order valence-electron chi connectivity index (χ3n) is 3.64. The number of hydrogen-bond donors (Lipinski definition) is 1. The van der Waals surface area contributed by atoms with Gasteiger partial charge >= 0.3 is 5.97 Å². The number of carbonyl (C=O) groups excluding carboxylic acids is 1. The predicted octanol–water partition coefficient (Wildman–Crippen LogP) is 2.36. The van der Waals surface area contributed by atoms with E-state index in [9.17, 15) is 4.79 Å². The Morgan fingerprint density at radius 1 is 1.45 bits per heavy atom. The molecule has 0 aromatic heterocycles. The highest BCUT2D eigenvalue weighted by molar-refractivity contribution is 5.80. The minimum atomic E-state index is -1.09. The molecule has 0 amide bonds. The van der Waals surface area contributed by atoms with E-state index in [1.807, 2.05) is 12.1 Å². The number of fused-ring (bicyclic) bond motifs is 1. The zero-order valence-electron chi connectivity index (χ0n) is 12.2. The number of benzene rings is 1. The Kier molecular flexibility index (Phi) is 4.78. The molecule has 0 heterocycles. The van der Waals surface area contributed by atoms with Crippen LogP contribution in [0.4, 0.5) is 0 Å². The van der Waals surface area contributed by atoms with E-state index in [1.54, 1.807) is 13.8 Å². The minimum absolute atomic E-state index is 0.0252. The predicted molar refractivity (Wildman–Crippen MR) is 77.3 cm³/mol. The van der Waals surface area contributed by atoms with Gasteiger partial charge in [0.05, 0.1) is 19.3 Å². The van der Waals surface area contributed by atoms with Crippen molar-refractivity contribution in [3.05, 3.63) is 35.4 Å². The van der Waals surface area contributed by atoms with Crippen LogP contribution in [0.1, 0.15) is 43.9 Å². The van der Waals surface area contributed by atoms with Crippen molar-refractivity contribution >= 4 is 5.97 Å². The first-order valence-corrected chi connectivity index (χ1v) is 7.20. The second kappa shape index (κ2) is 6.37. The molecule has 0 bridgehead atoms. The summed E-state index contributed by atoms with van der Waals surface area (Å²) in [5.74, 6) is -0.413. The molecule has 0 saturated heterocycles. The molecule has 0 spiro atoms. The van der Waals surface area contributed by atoms with Gasteiger partial charge in [0.2, 0.25) is 0 Å². The van der Waals surface area contributed by atoms with Crippen LogP contribution in [0.15, 0.2) is 24.3 Å². The van der Waals surface area contributed by atoms with E-state index in [2.05, 4.69) is 12.1 Å². The molecule has 1 aliphatic carbocycles. The Labute approximate surface area is 120 Å². The van der Waals surface area contributed by atoms with Gasteiger partial charge in [-0.15, -0.1) is 0 Å². The fourth-order valence-electron chi connectivity index (χ4n) is 2.51. The van der Waals surface area contributed by atoms with Gasteiger partial charge in [-0.25, -0.2) is 4.79 Å². The van der Waals surface area contributed by atoms with Crippen LogP contribution in [-0.2, 0) is 20.7 Å². The van der Waals surface area contributed by atoms with Gasteiger partial charge in [-0.3, -0.25) is 0 Å². The normalized spacial score (nSPS) is 20.9. The Bertz CT molecular complexity index is 471. The van der Waals surface area contributed by atoms with E-state index < -0.39 is 11.5 Å². The number of rotatable bonds is 5. The maximum Gasteiger partial charge on any atom is 0.328 e. The van der Waals surface area contributed by atoms with E-state index in [0.29, 0.717) is 6.61 Å². The molecule has 1 aliphatic rings. The quantitative estimate of drug-likeness (QED) is 0.839. The van der Waals surface area contributed by atoms with E-state index in [4.69, 9.17) is 15.2 Å². The van der Waals surface area contributed by atoms with Crippen LogP contribution in [0, 0.1) is 0 Å². The molecule has 1 aromatic carbocycles. The zero-order chi connectivity index (χ0) is 14.6. The Balaban J connectivity index is 2.00. The molecule has 0 fully saturated rings. The first kappa shape index (κ1) is 15.0. The number of aryl methyl sites for hydroxylation is 1. The lowest BCUT2D eigenvalue weighted by atomic mass is 9.89. The summed E-state index contributed by atoms with van der Waals surface area (Å²) in [4.78, 5) is 11.8. The first-order chi connectivity index (χ1) is 9.54. The zero-order valence-corrected chi connectivity index (χ0v) is 12.2. The smallest absolute Gasteiger partial charge is 0.328 e. The highest BCUT2D eigenvalue weighted by Crippen LogP contribution is 2.32. The van der Waals surface area contributed by atoms with Crippen molar-refractivity contribution in [3.8, 4) is 0 Å². The summed E-state index contributed by atoms with van der Waals surface area (Å²) in [5, 5.41) is 0. The standard InChI is InChI=1S/C16H23NO3/c1-3-19-15(18)16(2,17)11-20-14-10-6-8-12-7-4-5-9-13(12)14/h4-5,7,9,14H,3,6,8,10-11,17H2,1-2H3. The van der Waals surface area contributed by atoms with Gasteiger partial charge in [-0.2, -0.15) is 0 Å². The molecule has 2 atom stereocenters. The van der Waals surface area contributed by atoms with Crippen LogP contribution in [-0.4, -0.2) is 24.7 Å². The van der Waals surface area contributed by atoms with Crippen LogP contribution >= 0.6 is 0 Å². The molecule has 2 unspecified atom stereocenters. The minimum Gasteiger partial charge on any atom is -0.465 e. The van der Waals surface area contributed by atoms with Crippen molar-refractivity contribution in [2.75, 3.05) is 13.2 Å². The van der Waals surface area contributed by atoms with Crippen molar-refractivity contribution < 1.29 is 14.3 Å². The lowest BCUT2D eigenvalue weighted by Gasteiger charge is -2.29. The average molecular weight is 277 g/mol. The molecule has 0 saturated carbocycles. The SMILES string of the molecule is CCOC(=O)C(C)(N)COC1CCCc2ccccc21. The monoisotopic (exact) mass is 277 g/mol. The number of ether oxygens (including phenoxy) is 2. The van der Waals surface area contributed by atoms with Gasteiger partial charge in [-0.05, 0) is 44.2 Å². The second-order valence-corrected chi connectivity index (χ2v) is 5.53.